The summed E-state index contributed by atoms with van der Waals surface area (Å²) in [6, 6.07) is -0.417. The van der Waals surface area contributed by atoms with Crippen molar-refractivity contribution in [3.8, 4) is 0 Å². The van der Waals surface area contributed by atoms with Crippen LogP contribution < -0.4 is 10.6 Å². The average molecular weight is 282 g/mol. The van der Waals surface area contributed by atoms with Crippen molar-refractivity contribution >= 4 is 17.6 Å². The SMILES string of the molecule is CC1=NOC(CNC2=NC[C@@H](C(=O)OC(C)(C)C)N2)C1. The van der Waals surface area contributed by atoms with Crippen molar-refractivity contribution in [2.45, 2.75) is 51.9 Å². The summed E-state index contributed by atoms with van der Waals surface area (Å²) in [6.45, 7) is 8.47. The molecule has 0 saturated carbocycles. The van der Waals surface area contributed by atoms with Crippen LogP contribution in [0.25, 0.3) is 0 Å². The zero-order valence-electron chi connectivity index (χ0n) is 12.4. The second-order valence-electron chi connectivity index (χ2n) is 6.06. The van der Waals surface area contributed by atoms with E-state index < -0.39 is 11.6 Å². The first-order valence-electron chi connectivity index (χ1n) is 6.80. The molecule has 0 amide bonds. The molecule has 2 atom stereocenters. The molecular formula is C13H22N4O3. The van der Waals surface area contributed by atoms with Crippen LogP contribution in [0.1, 0.15) is 34.1 Å². The summed E-state index contributed by atoms with van der Waals surface area (Å²) in [5.74, 6) is 0.323. The number of rotatable bonds is 3. The summed E-state index contributed by atoms with van der Waals surface area (Å²) in [6.07, 6.45) is 0.843. The van der Waals surface area contributed by atoms with Crippen LogP contribution in [-0.4, -0.2) is 48.5 Å². The van der Waals surface area contributed by atoms with E-state index in [1.807, 2.05) is 27.7 Å². The van der Waals surface area contributed by atoms with Gasteiger partial charge in [0, 0.05) is 6.42 Å². The molecule has 0 radical (unpaired) electrons. The number of carbonyl (C=O) groups is 1. The van der Waals surface area contributed by atoms with Gasteiger partial charge in [-0.05, 0) is 27.7 Å². The minimum atomic E-state index is -0.485. The Kier molecular flexibility index (Phi) is 4.15. The molecule has 0 aromatic rings. The van der Waals surface area contributed by atoms with E-state index in [0.717, 1.165) is 12.1 Å². The van der Waals surface area contributed by atoms with Crippen LogP contribution in [0.2, 0.25) is 0 Å². The van der Waals surface area contributed by atoms with Crippen molar-refractivity contribution in [2.75, 3.05) is 13.1 Å². The van der Waals surface area contributed by atoms with E-state index in [0.29, 0.717) is 19.0 Å². The maximum atomic E-state index is 11.9. The molecule has 7 nitrogen and oxygen atoms in total. The second kappa shape index (κ2) is 5.68. The predicted molar refractivity (Wildman–Crippen MR) is 75.7 cm³/mol. The number of carbonyl (C=O) groups excluding carboxylic acids is 1. The molecule has 7 heteroatoms. The highest BCUT2D eigenvalue weighted by Crippen LogP contribution is 2.11. The first-order chi connectivity index (χ1) is 9.33. The lowest BCUT2D eigenvalue weighted by molar-refractivity contribution is -0.156. The largest absolute Gasteiger partial charge is 0.458 e. The van der Waals surface area contributed by atoms with Crippen molar-refractivity contribution in [2.24, 2.45) is 10.1 Å². The maximum Gasteiger partial charge on any atom is 0.331 e. The van der Waals surface area contributed by atoms with Gasteiger partial charge in [0.1, 0.15) is 17.7 Å². The molecule has 0 saturated heterocycles. The van der Waals surface area contributed by atoms with Crippen LogP contribution in [-0.2, 0) is 14.4 Å². The lowest BCUT2D eigenvalue weighted by Gasteiger charge is -2.22. The van der Waals surface area contributed by atoms with Gasteiger partial charge in [0.05, 0.1) is 18.8 Å². The number of hydrogen-bond donors (Lipinski definition) is 2. The van der Waals surface area contributed by atoms with Crippen LogP contribution in [0.15, 0.2) is 10.1 Å². The number of hydrogen-bond acceptors (Lipinski definition) is 7. The van der Waals surface area contributed by atoms with Gasteiger partial charge >= 0.3 is 5.97 Å². The fraction of sp³-hybridized carbons (Fsp3) is 0.769. The van der Waals surface area contributed by atoms with Crippen molar-refractivity contribution in [3.05, 3.63) is 0 Å². The highest BCUT2D eigenvalue weighted by Gasteiger charge is 2.29. The summed E-state index contributed by atoms with van der Waals surface area (Å²) < 4.78 is 5.32. The first kappa shape index (κ1) is 14.6. The molecule has 20 heavy (non-hydrogen) atoms. The van der Waals surface area contributed by atoms with E-state index in [9.17, 15) is 4.79 Å². The van der Waals surface area contributed by atoms with Gasteiger partial charge in [0.2, 0.25) is 0 Å². The van der Waals surface area contributed by atoms with Crippen molar-refractivity contribution in [3.63, 3.8) is 0 Å². The fourth-order valence-electron chi connectivity index (χ4n) is 1.94. The molecule has 0 fully saturated rings. The molecule has 1 unspecified atom stereocenters. The number of guanidine groups is 1. The number of aliphatic imine (C=N–C) groups is 1. The molecule has 2 aliphatic rings. The molecular weight excluding hydrogens is 260 g/mol. The van der Waals surface area contributed by atoms with Gasteiger partial charge in [0.25, 0.3) is 0 Å². The van der Waals surface area contributed by atoms with Gasteiger partial charge in [-0.25, -0.2) is 4.79 Å². The van der Waals surface area contributed by atoms with E-state index in [4.69, 9.17) is 9.57 Å². The smallest absolute Gasteiger partial charge is 0.331 e. The first-order valence-corrected chi connectivity index (χ1v) is 6.80. The molecule has 0 spiro atoms. The molecule has 0 aromatic heterocycles. The van der Waals surface area contributed by atoms with Crippen LogP contribution in [0.5, 0.6) is 0 Å². The van der Waals surface area contributed by atoms with E-state index in [2.05, 4.69) is 20.8 Å². The minimum absolute atomic E-state index is 0.0278. The quantitative estimate of drug-likeness (QED) is 0.732. The third-order valence-electron chi connectivity index (χ3n) is 2.81. The molecule has 0 aromatic carbocycles. The van der Waals surface area contributed by atoms with Crippen LogP contribution in [0.4, 0.5) is 0 Å². The van der Waals surface area contributed by atoms with Crippen molar-refractivity contribution in [1.82, 2.24) is 10.6 Å². The zero-order valence-corrected chi connectivity index (χ0v) is 12.4. The predicted octanol–water partition coefficient (Wildman–Crippen LogP) is 0.410. The zero-order chi connectivity index (χ0) is 14.8. The molecule has 2 heterocycles. The van der Waals surface area contributed by atoms with E-state index in [-0.39, 0.29) is 12.1 Å². The van der Waals surface area contributed by atoms with Crippen LogP contribution in [0, 0.1) is 0 Å². The van der Waals surface area contributed by atoms with Crippen molar-refractivity contribution < 1.29 is 14.4 Å². The fourth-order valence-corrected chi connectivity index (χ4v) is 1.94. The monoisotopic (exact) mass is 282 g/mol. The number of oxime groups is 1. The van der Waals surface area contributed by atoms with Crippen LogP contribution in [0.3, 0.4) is 0 Å². The van der Waals surface area contributed by atoms with Gasteiger partial charge in [-0.1, -0.05) is 5.16 Å². The topological polar surface area (TPSA) is 84.3 Å². The Morgan fingerprint density at radius 1 is 1.55 bits per heavy atom. The summed E-state index contributed by atoms with van der Waals surface area (Å²) in [7, 11) is 0. The molecule has 112 valence electrons. The Labute approximate surface area is 118 Å². The lowest BCUT2D eigenvalue weighted by Crippen LogP contribution is -2.46. The Hall–Kier alpha value is -1.79. The van der Waals surface area contributed by atoms with Crippen LogP contribution >= 0.6 is 0 Å². The standard InChI is InChI=1S/C13H22N4O3/c1-8-5-9(20-17-8)6-14-12-15-7-10(16-12)11(18)19-13(2,3)4/h9-10H,5-7H2,1-4H3,(H2,14,15,16)/t9?,10-/m0/s1. The average Bonchev–Trinajstić information content (AvgIpc) is 2.93. The molecule has 2 rings (SSSR count). The molecule has 0 bridgehead atoms. The summed E-state index contributed by atoms with van der Waals surface area (Å²) in [5.41, 5.74) is 0.506. The summed E-state index contributed by atoms with van der Waals surface area (Å²) in [5, 5.41) is 10.0. The minimum Gasteiger partial charge on any atom is -0.458 e. The number of nitrogens with one attached hydrogen (secondary N) is 2. The maximum absolute atomic E-state index is 11.9. The summed E-state index contributed by atoms with van der Waals surface area (Å²) >= 11 is 0. The Morgan fingerprint density at radius 3 is 2.90 bits per heavy atom. The van der Waals surface area contributed by atoms with Gasteiger partial charge in [-0.2, -0.15) is 0 Å². The van der Waals surface area contributed by atoms with Gasteiger partial charge in [-0.15, -0.1) is 0 Å². The number of nitrogens with zero attached hydrogens (tertiary/aromatic N) is 2. The second-order valence-corrected chi connectivity index (χ2v) is 6.06. The normalized spacial score (nSPS) is 25.4. The number of ether oxygens (including phenoxy) is 1. The molecule has 0 aliphatic carbocycles. The van der Waals surface area contributed by atoms with E-state index in [1.165, 1.54) is 0 Å². The third-order valence-corrected chi connectivity index (χ3v) is 2.81. The Morgan fingerprint density at radius 2 is 2.30 bits per heavy atom. The summed E-state index contributed by atoms with van der Waals surface area (Å²) in [4.78, 5) is 21.3. The number of esters is 1. The van der Waals surface area contributed by atoms with E-state index in [1.54, 1.807) is 0 Å². The Bertz CT molecular complexity index is 439. The van der Waals surface area contributed by atoms with Crippen molar-refractivity contribution in [1.29, 1.82) is 0 Å². The molecule has 2 aliphatic heterocycles. The van der Waals surface area contributed by atoms with Gasteiger partial charge in [-0.3, -0.25) is 4.99 Å². The Balaban J connectivity index is 1.71. The van der Waals surface area contributed by atoms with Gasteiger partial charge < -0.3 is 20.2 Å². The lowest BCUT2D eigenvalue weighted by atomic mass is 10.2. The van der Waals surface area contributed by atoms with Gasteiger partial charge in [0.15, 0.2) is 5.96 Å². The van der Waals surface area contributed by atoms with E-state index >= 15 is 0 Å². The highest BCUT2D eigenvalue weighted by atomic mass is 16.6. The molecule has 2 N–H and O–H groups in total. The third kappa shape index (κ3) is 4.11. The highest BCUT2D eigenvalue weighted by molar-refractivity contribution is 5.89.